The van der Waals surface area contributed by atoms with Gasteiger partial charge in [-0.25, -0.2) is 0 Å². The minimum Gasteiger partial charge on any atom is -0.468 e. The number of ether oxygens (including phenoxy) is 2. The summed E-state index contributed by atoms with van der Waals surface area (Å²) < 4.78 is 10.0. The van der Waals surface area contributed by atoms with Crippen LogP contribution in [0.2, 0.25) is 0 Å². The van der Waals surface area contributed by atoms with E-state index in [1.54, 1.807) is 11.8 Å². The van der Waals surface area contributed by atoms with Crippen LogP contribution in [0, 0.1) is 0 Å². The first kappa shape index (κ1) is 12.8. The molecule has 1 heterocycles. The van der Waals surface area contributed by atoms with Gasteiger partial charge in [-0.2, -0.15) is 11.8 Å². The van der Waals surface area contributed by atoms with E-state index in [2.05, 4.69) is 4.74 Å². The number of carbonyl (C=O) groups is 1. The molecule has 0 aliphatic carbocycles. The van der Waals surface area contributed by atoms with Gasteiger partial charge in [-0.05, 0) is 25.0 Å². The van der Waals surface area contributed by atoms with E-state index in [0.717, 1.165) is 24.5 Å². The lowest BCUT2D eigenvalue weighted by molar-refractivity contribution is -0.142. The molecule has 5 heteroatoms. The Bertz CT molecular complexity index is 195. The second-order valence-corrected chi connectivity index (χ2v) is 4.78. The molecular weight excluding hydrogens is 214 g/mol. The van der Waals surface area contributed by atoms with Gasteiger partial charge in [-0.1, -0.05) is 0 Å². The number of esters is 1. The third kappa shape index (κ3) is 4.86. The summed E-state index contributed by atoms with van der Waals surface area (Å²) in [5, 5.41) is 0. The van der Waals surface area contributed by atoms with Gasteiger partial charge < -0.3 is 15.2 Å². The van der Waals surface area contributed by atoms with Gasteiger partial charge in [0.05, 0.1) is 13.2 Å². The topological polar surface area (TPSA) is 61.5 Å². The summed E-state index contributed by atoms with van der Waals surface area (Å²) in [6.07, 6.45) is 3.41. The fourth-order valence-corrected chi connectivity index (χ4v) is 2.58. The maximum absolute atomic E-state index is 11.0. The van der Waals surface area contributed by atoms with Crippen molar-refractivity contribution >= 4 is 17.7 Å². The fourth-order valence-electron chi connectivity index (χ4n) is 1.47. The molecule has 0 bridgehead atoms. The summed E-state index contributed by atoms with van der Waals surface area (Å²) >= 11 is 1.79. The van der Waals surface area contributed by atoms with Crippen LogP contribution in [-0.4, -0.2) is 43.3 Å². The minimum atomic E-state index is -0.480. The SMILES string of the molecule is COC(=O)C(N)CCSCC1CCCO1. The quantitative estimate of drug-likeness (QED) is 0.543. The third-order valence-corrected chi connectivity index (χ3v) is 3.54. The smallest absolute Gasteiger partial charge is 0.322 e. The van der Waals surface area contributed by atoms with E-state index in [1.807, 2.05) is 0 Å². The molecule has 1 rings (SSSR count). The molecule has 0 spiro atoms. The number of hydrogen-bond donors (Lipinski definition) is 1. The van der Waals surface area contributed by atoms with Crippen molar-refractivity contribution in [1.29, 1.82) is 0 Å². The Morgan fingerprint density at radius 3 is 3.13 bits per heavy atom. The minimum absolute atomic E-state index is 0.326. The van der Waals surface area contributed by atoms with Gasteiger partial charge in [0, 0.05) is 12.4 Å². The predicted molar refractivity (Wildman–Crippen MR) is 60.9 cm³/mol. The Labute approximate surface area is 94.9 Å². The molecule has 2 unspecified atom stereocenters. The van der Waals surface area contributed by atoms with Crippen molar-refractivity contribution in [1.82, 2.24) is 0 Å². The van der Waals surface area contributed by atoms with Gasteiger partial charge >= 0.3 is 5.97 Å². The van der Waals surface area contributed by atoms with Crippen LogP contribution in [0.3, 0.4) is 0 Å². The number of thioether (sulfide) groups is 1. The number of carbonyl (C=O) groups excluding carboxylic acids is 1. The van der Waals surface area contributed by atoms with Crippen molar-refractivity contribution in [2.75, 3.05) is 25.2 Å². The number of rotatable bonds is 6. The lowest BCUT2D eigenvalue weighted by Crippen LogP contribution is -2.32. The van der Waals surface area contributed by atoms with Crippen LogP contribution in [-0.2, 0) is 14.3 Å². The summed E-state index contributed by atoms with van der Waals surface area (Å²) in [7, 11) is 1.36. The Balaban J connectivity index is 1.98. The molecule has 0 amide bonds. The van der Waals surface area contributed by atoms with Crippen molar-refractivity contribution in [3.8, 4) is 0 Å². The molecule has 2 N–H and O–H groups in total. The zero-order chi connectivity index (χ0) is 11.1. The van der Waals surface area contributed by atoms with Crippen molar-refractivity contribution < 1.29 is 14.3 Å². The molecule has 1 saturated heterocycles. The predicted octanol–water partition coefficient (Wildman–Crippen LogP) is 0.789. The van der Waals surface area contributed by atoms with Crippen LogP contribution in [0.5, 0.6) is 0 Å². The largest absolute Gasteiger partial charge is 0.468 e. The zero-order valence-corrected chi connectivity index (χ0v) is 9.92. The molecule has 1 aliphatic rings. The number of nitrogens with two attached hydrogens (primary N) is 1. The Hall–Kier alpha value is -0.260. The summed E-state index contributed by atoms with van der Waals surface area (Å²) in [4.78, 5) is 11.0. The summed E-state index contributed by atoms with van der Waals surface area (Å²) in [5.74, 6) is 1.57. The fraction of sp³-hybridized carbons (Fsp3) is 0.900. The highest BCUT2D eigenvalue weighted by Crippen LogP contribution is 2.17. The zero-order valence-electron chi connectivity index (χ0n) is 9.11. The normalized spacial score (nSPS) is 22.7. The molecule has 1 fully saturated rings. The first-order valence-corrected chi connectivity index (χ1v) is 6.42. The highest BCUT2D eigenvalue weighted by molar-refractivity contribution is 7.99. The highest BCUT2D eigenvalue weighted by atomic mass is 32.2. The first-order chi connectivity index (χ1) is 7.24. The maximum atomic E-state index is 11.0. The van der Waals surface area contributed by atoms with Crippen LogP contribution < -0.4 is 5.73 Å². The van der Waals surface area contributed by atoms with E-state index in [9.17, 15) is 4.79 Å². The molecule has 0 aromatic carbocycles. The Morgan fingerprint density at radius 2 is 2.53 bits per heavy atom. The molecule has 2 atom stereocenters. The molecule has 0 aromatic heterocycles. The molecule has 88 valence electrons. The van der Waals surface area contributed by atoms with Crippen LogP contribution in [0.25, 0.3) is 0 Å². The van der Waals surface area contributed by atoms with E-state index in [-0.39, 0.29) is 5.97 Å². The van der Waals surface area contributed by atoms with Gasteiger partial charge in [0.1, 0.15) is 6.04 Å². The number of methoxy groups -OCH3 is 1. The van der Waals surface area contributed by atoms with Crippen LogP contribution in [0.4, 0.5) is 0 Å². The molecule has 0 aromatic rings. The average Bonchev–Trinajstić information content (AvgIpc) is 2.75. The van der Waals surface area contributed by atoms with E-state index in [0.29, 0.717) is 12.5 Å². The summed E-state index contributed by atoms with van der Waals surface area (Å²) in [6.45, 7) is 0.896. The number of hydrogen-bond acceptors (Lipinski definition) is 5. The van der Waals surface area contributed by atoms with Crippen molar-refractivity contribution in [3.05, 3.63) is 0 Å². The second kappa shape index (κ2) is 7.09. The van der Waals surface area contributed by atoms with Gasteiger partial charge in [-0.15, -0.1) is 0 Å². The lowest BCUT2D eigenvalue weighted by Gasteiger charge is -2.10. The van der Waals surface area contributed by atoms with Crippen LogP contribution in [0.15, 0.2) is 0 Å². The van der Waals surface area contributed by atoms with E-state index in [4.69, 9.17) is 10.5 Å². The van der Waals surface area contributed by atoms with Gasteiger partial charge in [-0.3, -0.25) is 4.79 Å². The van der Waals surface area contributed by atoms with E-state index < -0.39 is 6.04 Å². The summed E-state index contributed by atoms with van der Waals surface area (Å²) in [5.41, 5.74) is 5.60. The monoisotopic (exact) mass is 233 g/mol. The van der Waals surface area contributed by atoms with Crippen LogP contribution >= 0.6 is 11.8 Å². The average molecular weight is 233 g/mol. The Kier molecular flexibility index (Phi) is 6.05. The molecule has 0 radical (unpaired) electrons. The molecule has 0 saturated carbocycles. The van der Waals surface area contributed by atoms with Crippen LogP contribution in [0.1, 0.15) is 19.3 Å². The van der Waals surface area contributed by atoms with Gasteiger partial charge in [0.2, 0.25) is 0 Å². The van der Waals surface area contributed by atoms with Gasteiger partial charge in [0.15, 0.2) is 0 Å². The molecule has 1 aliphatic heterocycles. The maximum Gasteiger partial charge on any atom is 0.322 e. The van der Waals surface area contributed by atoms with Crippen molar-refractivity contribution in [2.24, 2.45) is 5.73 Å². The third-order valence-electron chi connectivity index (χ3n) is 2.40. The van der Waals surface area contributed by atoms with Crippen molar-refractivity contribution in [3.63, 3.8) is 0 Å². The van der Waals surface area contributed by atoms with Crippen molar-refractivity contribution in [2.45, 2.75) is 31.4 Å². The highest BCUT2D eigenvalue weighted by Gasteiger charge is 2.16. The van der Waals surface area contributed by atoms with E-state index in [1.165, 1.54) is 13.5 Å². The van der Waals surface area contributed by atoms with E-state index >= 15 is 0 Å². The molecular formula is C10H19NO3S. The molecule has 4 nitrogen and oxygen atoms in total. The summed E-state index contributed by atoms with van der Waals surface area (Å²) in [6, 6.07) is -0.480. The first-order valence-electron chi connectivity index (χ1n) is 5.26. The van der Waals surface area contributed by atoms with Gasteiger partial charge in [0.25, 0.3) is 0 Å². The standard InChI is InChI=1S/C10H19NO3S/c1-13-10(12)9(11)4-6-15-7-8-3-2-5-14-8/h8-9H,2-7,11H2,1H3. The Morgan fingerprint density at radius 1 is 1.73 bits per heavy atom. The second-order valence-electron chi connectivity index (χ2n) is 3.63. The molecule has 15 heavy (non-hydrogen) atoms. The lowest BCUT2D eigenvalue weighted by atomic mass is 10.2.